The molecule has 0 aliphatic heterocycles. The van der Waals surface area contributed by atoms with Gasteiger partial charge in [0, 0.05) is 26.5 Å². The van der Waals surface area contributed by atoms with Crippen LogP contribution in [0.1, 0.15) is 0 Å². The van der Waals surface area contributed by atoms with Crippen molar-refractivity contribution in [3.8, 4) is 0 Å². The minimum Gasteiger partial charge on any atom is 0 e. The fourth-order valence-corrected chi connectivity index (χ4v) is 0. The molecule has 0 rings (SSSR count). The van der Waals surface area contributed by atoms with Gasteiger partial charge < -0.3 is 0 Å². The Bertz CT molecular complexity index is 6.00. The van der Waals surface area contributed by atoms with Crippen LogP contribution in [0.2, 0.25) is 0 Å². The van der Waals surface area contributed by atoms with Gasteiger partial charge in [-0.25, -0.2) is 0 Å². The van der Waals surface area contributed by atoms with E-state index in [0.29, 0.717) is 0 Å². The van der Waals surface area contributed by atoms with E-state index < -0.39 is 0 Å². The highest BCUT2D eigenvalue weighted by Crippen LogP contribution is 0.0823. The number of hydrogen-bond donors (Lipinski definition) is 0. The Balaban J connectivity index is 0. The van der Waals surface area contributed by atoms with Gasteiger partial charge in [-0.2, -0.15) is 0 Å². The van der Waals surface area contributed by atoms with Crippen molar-refractivity contribution in [3.63, 3.8) is 0 Å². The summed E-state index contributed by atoms with van der Waals surface area (Å²) in [6.45, 7) is 0. The zero-order chi connectivity index (χ0) is 0. The van der Waals surface area contributed by atoms with Crippen molar-refractivity contribution in [1.82, 2.24) is 6.15 Å². The molecular weight excluding hydrogens is 54.0 g/mol. The van der Waals surface area contributed by atoms with Gasteiger partial charge in [0.1, 0.15) is 0 Å². The maximum Gasteiger partial charge on any atom is 0 e. The van der Waals surface area contributed by atoms with E-state index in [1.807, 2.05) is 0 Å². The largest absolute Gasteiger partial charge is 0 e. The lowest BCUT2D eigenvalue weighted by Crippen LogP contribution is -0.481. The van der Waals surface area contributed by atoms with Crippen LogP contribution in [0.3, 0.4) is 0 Å². The van der Waals surface area contributed by atoms with Crippen molar-refractivity contribution in [2.75, 3.05) is 0 Å². The highest BCUT2D eigenvalue weighted by atomic mass is 16.0. The fourth-order valence-electron chi connectivity index (χ4n) is 0. The van der Waals surface area contributed by atoms with Gasteiger partial charge >= 0.3 is 0 Å². The molecule has 0 fully saturated rings. The molecule has 0 saturated carbocycles. The Morgan fingerprint density at radius 2 is 0.750 bits per heavy atom. The first-order valence-electron chi connectivity index (χ1n) is 0. The molecule has 0 heterocycles. The molecule has 0 spiro atoms. The average Bonchev–Trinajstić information content (AvgIpc) is 0. The van der Waals surface area contributed by atoms with Crippen molar-refractivity contribution >= 4 is 0 Å². The van der Waals surface area contributed by atoms with Crippen molar-refractivity contribution < 1.29 is 5.48 Å². The monoisotopic (exact) mass is 54.0 g/mol. The summed E-state index contributed by atoms with van der Waals surface area (Å²) in [5, 5.41) is 0. The Morgan fingerprint density at radius 1 is 0.750 bits per heavy atom. The maximum absolute atomic E-state index is 0. The summed E-state index contributed by atoms with van der Waals surface area (Å²) < 4.78 is 0. The SMILES string of the molecule is [C].[C].[N].[O]. The molecule has 0 aromatic rings. The first-order valence-corrected chi connectivity index (χ1v) is 0. The molecule has 4 heavy (non-hydrogen) atoms. The Morgan fingerprint density at radius 3 is 0.750 bits per heavy atom. The minimum atomic E-state index is 0. The number of hydrogen-bond acceptors (Lipinski definition) is 0. The summed E-state index contributed by atoms with van der Waals surface area (Å²) in [5.41, 5.74) is 0. The van der Waals surface area contributed by atoms with Gasteiger partial charge in [-0.3, -0.25) is 0 Å². The minimum absolute atomic E-state index is 0. The number of nitrogens with zero attached hydrogens (tertiary/aromatic N) is 1. The van der Waals surface area contributed by atoms with E-state index in [1.165, 1.54) is 0 Å². The lowest BCUT2D eigenvalue weighted by molar-refractivity contribution is 0.686. The molecule has 2 heteroatoms. The highest BCUT2D eigenvalue weighted by Gasteiger charge is 0.00300. The first-order chi connectivity index (χ1) is 0. The predicted molar refractivity (Wildman–Crippen MR) is 9.31 cm³/mol. The lowest BCUT2D eigenvalue weighted by Gasteiger charge is -0.00100. The normalized spacial score (nSPS) is 0. The summed E-state index contributed by atoms with van der Waals surface area (Å²) in [4.78, 5) is 0. The van der Waals surface area contributed by atoms with Crippen LogP contribution in [0.4, 0.5) is 0 Å². The van der Waals surface area contributed by atoms with E-state index in [1.54, 1.807) is 0 Å². The van der Waals surface area contributed by atoms with Crippen molar-refractivity contribution in [2.24, 2.45) is 0 Å². The van der Waals surface area contributed by atoms with Gasteiger partial charge in [-0.1, -0.05) is 0 Å². The molecule has 0 aliphatic rings. The zero-order valence-electron chi connectivity index (χ0n) is 1.86. The second kappa shape index (κ2) is 1680. The molecule has 0 N–H and O–H groups in total. The van der Waals surface area contributed by atoms with Gasteiger partial charge in [-0.15, -0.1) is 0 Å². The molecule has 0 bridgehead atoms. The second-order valence-corrected chi connectivity index (χ2v) is 0. The Kier molecular flexibility index (Phi) is 2200000. The Labute approximate surface area is 27.7 Å². The van der Waals surface area contributed by atoms with Crippen LogP contribution in [-0.2, 0) is 5.48 Å². The summed E-state index contributed by atoms with van der Waals surface area (Å²) in [7, 11) is 0. The van der Waals surface area contributed by atoms with E-state index in [9.17, 15) is 0 Å². The predicted octanol–water partition coefficient (Wildman–Crippen LogP) is -0.437. The molecule has 0 saturated heterocycles. The van der Waals surface area contributed by atoms with E-state index in [0.717, 1.165) is 0 Å². The first kappa shape index (κ1) is 5220. The summed E-state index contributed by atoms with van der Waals surface area (Å²) in [5.74, 6) is 0. The topological polar surface area (TPSA) is 59.0 Å². The van der Waals surface area contributed by atoms with Gasteiger partial charge in [0.15, 0.2) is 0 Å². The van der Waals surface area contributed by atoms with Crippen LogP contribution in [0.15, 0.2) is 0 Å². The van der Waals surface area contributed by atoms with Crippen LogP contribution in [0, 0.1) is 14.9 Å². The van der Waals surface area contributed by atoms with Crippen molar-refractivity contribution in [3.05, 3.63) is 14.9 Å². The van der Waals surface area contributed by atoms with E-state index in [-0.39, 0.29) is 26.5 Å². The zero-order valence-corrected chi connectivity index (χ0v) is 1.86. The van der Waals surface area contributed by atoms with Crippen LogP contribution < -0.4 is 6.15 Å². The molecule has 0 aromatic heterocycles. The molecule has 2 nitrogen and oxygen atoms in total. The lowest BCUT2D eigenvalue weighted by atomic mass is 12.0. The molecule has 19 valence electrons. The van der Waals surface area contributed by atoms with Crippen LogP contribution >= 0.6 is 0 Å². The summed E-state index contributed by atoms with van der Waals surface area (Å²) >= 11 is 0. The van der Waals surface area contributed by atoms with Gasteiger partial charge in [0.05, 0.1) is 0 Å². The van der Waals surface area contributed by atoms with Crippen molar-refractivity contribution in [1.29, 1.82) is 0 Å². The molecule has 0 aromatic carbocycles. The highest BCUT2D eigenvalue weighted by molar-refractivity contribution is 3.24. The maximum atomic E-state index is 0. The third-order valence-corrected chi connectivity index (χ3v) is 0. The standard InChI is InChI=1S/2C.N.O. The van der Waals surface area contributed by atoms with E-state index in [4.69, 9.17) is 0 Å². The third kappa shape index (κ3) is 254. The quantitative estimate of drug-likeness (QED) is 0.360. The summed E-state index contributed by atoms with van der Waals surface area (Å²) in [6.07, 6.45) is 0. The van der Waals surface area contributed by atoms with Crippen LogP contribution in [0.25, 0.3) is 0 Å². The summed E-state index contributed by atoms with van der Waals surface area (Å²) in [6, 6.07) is 0. The number of rotatable bonds is 0. The van der Waals surface area contributed by atoms with E-state index in [2.05, 4.69) is 0 Å². The van der Waals surface area contributed by atoms with Crippen molar-refractivity contribution in [2.45, 2.75) is 0 Å². The fraction of sp³-hybridized carbons (Fsp3) is 0. The van der Waals surface area contributed by atoms with Gasteiger partial charge in [0.2, 0.25) is 0 Å². The smallest absolute Gasteiger partial charge is 0 e. The molecular formula is C2NO. The van der Waals surface area contributed by atoms with E-state index >= 15 is 0 Å². The Hall–Kier alpha value is -0.0800. The average molecular weight is 54.0 g/mol. The molecule has 0 atom stereocenters. The third-order valence-electron chi connectivity index (χ3n) is 0. The molecule has 13 radical (unpaired) electrons. The van der Waals surface area contributed by atoms with Gasteiger partial charge in [-0.05, 0) is 0 Å². The van der Waals surface area contributed by atoms with Crippen LogP contribution in [-0.4, -0.2) is 0 Å². The second-order valence-electron chi connectivity index (χ2n) is 0. The molecule has 0 amide bonds. The van der Waals surface area contributed by atoms with Crippen LogP contribution in [0.5, 0.6) is 0 Å². The van der Waals surface area contributed by atoms with Gasteiger partial charge in [0.25, 0.3) is 0 Å². The molecule has 0 aliphatic carbocycles. The molecule has 0 unspecified atom stereocenters.